The Labute approximate surface area is 190 Å². The fraction of sp³-hybridized carbons (Fsp3) is 0.481. The van der Waals surface area contributed by atoms with Gasteiger partial charge in [-0.1, -0.05) is 25.0 Å². The summed E-state index contributed by atoms with van der Waals surface area (Å²) >= 11 is 0. The molecule has 2 aromatic heterocycles. The molecule has 3 heterocycles. The molecule has 2 fully saturated rings. The number of fused-ring (bicyclic) bond motifs is 1. The highest BCUT2D eigenvalue weighted by Crippen LogP contribution is 2.28. The average Bonchev–Trinajstić information content (AvgIpc) is 3.35. The average molecular weight is 433 g/mol. The predicted molar refractivity (Wildman–Crippen MR) is 127 cm³/mol. The maximum absolute atomic E-state index is 13.5. The second-order valence-electron chi connectivity index (χ2n) is 9.59. The van der Waals surface area contributed by atoms with Gasteiger partial charge < -0.3 is 4.90 Å². The van der Waals surface area contributed by atoms with Crippen LogP contribution in [0.15, 0.2) is 54.9 Å². The van der Waals surface area contributed by atoms with Crippen molar-refractivity contribution in [3.05, 3.63) is 71.9 Å². The number of likely N-dealkylation sites (tertiary alicyclic amines) is 1. The van der Waals surface area contributed by atoms with Gasteiger partial charge in [0.1, 0.15) is 5.82 Å². The lowest BCUT2D eigenvalue weighted by Gasteiger charge is -2.37. The van der Waals surface area contributed by atoms with Gasteiger partial charge >= 0.3 is 0 Å². The topological polar surface area (TPSA) is 32.3 Å². The molecule has 0 N–H and O–H groups in total. The highest BCUT2D eigenvalue weighted by atomic mass is 19.1. The molecule has 168 valence electrons. The molecule has 0 bridgehead atoms. The first-order valence-corrected chi connectivity index (χ1v) is 12.1. The number of pyridine rings is 2. The van der Waals surface area contributed by atoms with Crippen LogP contribution in [0.3, 0.4) is 0 Å². The minimum atomic E-state index is -0.214. The van der Waals surface area contributed by atoms with E-state index in [0.717, 1.165) is 48.2 Å². The van der Waals surface area contributed by atoms with Gasteiger partial charge in [0.2, 0.25) is 0 Å². The number of aromatic nitrogens is 2. The summed E-state index contributed by atoms with van der Waals surface area (Å²) in [4.78, 5) is 14.4. The van der Waals surface area contributed by atoms with E-state index in [1.54, 1.807) is 12.1 Å². The van der Waals surface area contributed by atoms with E-state index in [-0.39, 0.29) is 5.82 Å². The van der Waals surface area contributed by atoms with E-state index in [9.17, 15) is 4.39 Å². The molecule has 4 nitrogen and oxygen atoms in total. The Morgan fingerprint density at radius 3 is 2.59 bits per heavy atom. The third-order valence-corrected chi connectivity index (χ3v) is 7.23. The third kappa shape index (κ3) is 5.33. The van der Waals surface area contributed by atoms with Crippen LogP contribution in [0.5, 0.6) is 0 Å². The first kappa shape index (κ1) is 21.5. The van der Waals surface area contributed by atoms with Crippen LogP contribution in [-0.4, -0.2) is 45.4 Å². The van der Waals surface area contributed by atoms with Gasteiger partial charge in [-0.25, -0.2) is 4.39 Å². The number of hydrogen-bond donors (Lipinski definition) is 0. The van der Waals surface area contributed by atoms with Crippen molar-refractivity contribution >= 4 is 10.9 Å². The molecule has 0 radical (unpaired) electrons. The van der Waals surface area contributed by atoms with Gasteiger partial charge in [-0.05, 0) is 80.6 Å². The van der Waals surface area contributed by atoms with Crippen molar-refractivity contribution in [2.24, 2.45) is 5.92 Å². The maximum atomic E-state index is 13.5. The molecule has 1 aromatic carbocycles. The molecule has 1 aliphatic carbocycles. The molecule has 5 heteroatoms. The Kier molecular flexibility index (Phi) is 6.75. The Morgan fingerprint density at radius 2 is 1.81 bits per heavy atom. The second kappa shape index (κ2) is 10.1. The summed E-state index contributed by atoms with van der Waals surface area (Å²) < 4.78 is 13.5. The van der Waals surface area contributed by atoms with Crippen LogP contribution >= 0.6 is 0 Å². The molecular weight excluding hydrogens is 399 g/mol. The standard InChI is InChI=1S/C27H33FN4/c28-24-8-10-27-23(16-24)7-9-25(30-27)20-31(19-22-4-3-13-29-17-22)18-21-11-14-32(15-12-21)26-5-1-2-6-26/h3-4,7-10,13,16-17,21,26H,1-2,5-6,11-12,14-15,18-20H2. The minimum absolute atomic E-state index is 0.214. The van der Waals surface area contributed by atoms with Crippen molar-refractivity contribution in [1.82, 2.24) is 19.8 Å². The minimum Gasteiger partial charge on any atom is -0.300 e. The third-order valence-electron chi connectivity index (χ3n) is 7.23. The number of piperidine rings is 1. The second-order valence-corrected chi connectivity index (χ2v) is 9.59. The molecule has 0 atom stereocenters. The van der Waals surface area contributed by atoms with Crippen LogP contribution in [0.25, 0.3) is 10.9 Å². The SMILES string of the molecule is Fc1ccc2nc(CN(Cc3cccnc3)CC3CCN(C4CCCC4)CC3)ccc2c1. The van der Waals surface area contributed by atoms with Crippen molar-refractivity contribution < 1.29 is 4.39 Å². The number of hydrogen-bond acceptors (Lipinski definition) is 4. The Balaban J connectivity index is 1.27. The van der Waals surface area contributed by atoms with E-state index >= 15 is 0 Å². The van der Waals surface area contributed by atoms with Crippen LogP contribution in [0.4, 0.5) is 4.39 Å². The van der Waals surface area contributed by atoms with Crippen molar-refractivity contribution in [1.29, 1.82) is 0 Å². The van der Waals surface area contributed by atoms with Gasteiger partial charge in [-0.2, -0.15) is 0 Å². The summed E-state index contributed by atoms with van der Waals surface area (Å²) in [7, 11) is 0. The van der Waals surface area contributed by atoms with Gasteiger partial charge in [-0.15, -0.1) is 0 Å². The largest absolute Gasteiger partial charge is 0.300 e. The van der Waals surface area contributed by atoms with Gasteiger partial charge in [0.15, 0.2) is 0 Å². The van der Waals surface area contributed by atoms with E-state index in [1.807, 2.05) is 30.6 Å². The summed E-state index contributed by atoms with van der Waals surface area (Å²) in [6.07, 6.45) is 12.0. The summed E-state index contributed by atoms with van der Waals surface area (Å²) in [6.45, 7) is 5.24. The molecule has 5 rings (SSSR count). The first-order valence-electron chi connectivity index (χ1n) is 12.1. The molecule has 0 unspecified atom stereocenters. The predicted octanol–water partition coefficient (Wildman–Crippen LogP) is 5.43. The van der Waals surface area contributed by atoms with Crippen LogP contribution in [0.1, 0.15) is 49.8 Å². The summed E-state index contributed by atoms with van der Waals surface area (Å²) in [5.74, 6) is 0.507. The smallest absolute Gasteiger partial charge is 0.123 e. The van der Waals surface area contributed by atoms with Crippen molar-refractivity contribution in [3.63, 3.8) is 0 Å². The number of rotatable bonds is 7. The quantitative estimate of drug-likeness (QED) is 0.499. The Bertz CT molecular complexity index is 1010. The van der Waals surface area contributed by atoms with Crippen molar-refractivity contribution in [2.75, 3.05) is 19.6 Å². The first-order chi connectivity index (χ1) is 15.7. The Morgan fingerprint density at radius 1 is 0.969 bits per heavy atom. The summed E-state index contributed by atoms with van der Waals surface area (Å²) in [5, 5.41) is 0.854. The molecule has 3 aromatic rings. The monoisotopic (exact) mass is 432 g/mol. The highest BCUT2D eigenvalue weighted by Gasteiger charge is 2.28. The van der Waals surface area contributed by atoms with Gasteiger partial charge in [0.25, 0.3) is 0 Å². The van der Waals surface area contributed by atoms with Crippen LogP contribution in [0, 0.1) is 11.7 Å². The van der Waals surface area contributed by atoms with Crippen LogP contribution in [0.2, 0.25) is 0 Å². The number of nitrogens with zero attached hydrogens (tertiary/aromatic N) is 4. The lowest BCUT2D eigenvalue weighted by atomic mass is 9.94. The zero-order valence-corrected chi connectivity index (χ0v) is 18.8. The zero-order valence-electron chi connectivity index (χ0n) is 18.8. The van der Waals surface area contributed by atoms with E-state index in [0.29, 0.717) is 0 Å². The van der Waals surface area contributed by atoms with E-state index in [4.69, 9.17) is 4.98 Å². The highest BCUT2D eigenvalue weighted by molar-refractivity contribution is 5.78. The van der Waals surface area contributed by atoms with Crippen molar-refractivity contribution in [2.45, 2.75) is 57.7 Å². The number of halogens is 1. The maximum Gasteiger partial charge on any atom is 0.123 e. The molecule has 1 saturated carbocycles. The van der Waals surface area contributed by atoms with Gasteiger partial charge in [0, 0.05) is 43.5 Å². The van der Waals surface area contributed by atoms with E-state index in [1.165, 1.54) is 63.2 Å². The molecule has 1 aliphatic heterocycles. The van der Waals surface area contributed by atoms with Crippen molar-refractivity contribution in [3.8, 4) is 0 Å². The fourth-order valence-corrected chi connectivity index (χ4v) is 5.53. The summed E-state index contributed by atoms with van der Waals surface area (Å²) in [6, 6.07) is 13.9. The molecule has 0 spiro atoms. The zero-order chi connectivity index (χ0) is 21.8. The van der Waals surface area contributed by atoms with Crippen LogP contribution in [-0.2, 0) is 13.1 Å². The Hall–Kier alpha value is -2.37. The molecule has 2 aliphatic rings. The van der Waals surface area contributed by atoms with E-state index < -0.39 is 0 Å². The lowest BCUT2D eigenvalue weighted by Crippen LogP contribution is -2.42. The number of benzene rings is 1. The molecular formula is C27H33FN4. The molecule has 0 amide bonds. The summed E-state index contributed by atoms with van der Waals surface area (Å²) in [5.41, 5.74) is 3.13. The van der Waals surface area contributed by atoms with Gasteiger partial charge in [0.05, 0.1) is 11.2 Å². The normalized spacial score (nSPS) is 18.7. The van der Waals surface area contributed by atoms with Gasteiger partial charge in [-0.3, -0.25) is 14.9 Å². The lowest BCUT2D eigenvalue weighted by molar-refractivity contribution is 0.106. The van der Waals surface area contributed by atoms with Crippen LogP contribution < -0.4 is 0 Å². The fourth-order valence-electron chi connectivity index (χ4n) is 5.53. The molecule has 32 heavy (non-hydrogen) atoms. The van der Waals surface area contributed by atoms with E-state index in [2.05, 4.69) is 20.9 Å². The molecule has 1 saturated heterocycles.